The van der Waals surface area contributed by atoms with Crippen LogP contribution in [-0.2, 0) is 0 Å². The molecule has 1 unspecified atom stereocenters. The number of hydrogen-bond donors (Lipinski definition) is 1. The van der Waals surface area contributed by atoms with E-state index in [-0.39, 0.29) is 6.04 Å². The van der Waals surface area contributed by atoms with Crippen molar-refractivity contribution in [2.45, 2.75) is 53.0 Å². The molecule has 0 fully saturated rings. The SMILES string of the molecule is CCCNC(c1cc(C)ccc1C)c1snnc1C(C)C. The molecule has 114 valence electrons. The Labute approximate surface area is 132 Å². The van der Waals surface area contributed by atoms with Crippen LogP contribution in [0.5, 0.6) is 0 Å². The predicted octanol–water partition coefficient (Wildman–Crippen LogP) is 4.37. The molecule has 2 rings (SSSR count). The molecule has 0 amide bonds. The van der Waals surface area contributed by atoms with Crippen LogP contribution in [0, 0.1) is 13.8 Å². The Morgan fingerprint density at radius 1 is 1.24 bits per heavy atom. The van der Waals surface area contributed by atoms with Crippen molar-refractivity contribution >= 4 is 11.5 Å². The van der Waals surface area contributed by atoms with E-state index in [1.165, 1.54) is 33.1 Å². The smallest absolute Gasteiger partial charge is 0.0832 e. The van der Waals surface area contributed by atoms with Gasteiger partial charge in [0.05, 0.1) is 16.6 Å². The second kappa shape index (κ2) is 7.14. The topological polar surface area (TPSA) is 37.8 Å². The number of nitrogens with one attached hydrogen (secondary N) is 1. The van der Waals surface area contributed by atoms with E-state index in [1.807, 2.05) is 0 Å². The van der Waals surface area contributed by atoms with Crippen molar-refractivity contribution in [3.63, 3.8) is 0 Å². The summed E-state index contributed by atoms with van der Waals surface area (Å²) < 4.78 is 4.20. The maximum atomic E-state index is 4.35. The average molecular weight is 303 g/mol. The second-order valence-electron chi connectivity index (χ2n) is 5.92. The van der Waals surface area contributed by atoms with Gasteiger partial charge in [0.15, 0.2) is 0 Å². The Morgan fingerprint density at radius 3 is 2.67 bits per heavy atom. The summed E-state index contributed by atoms with van der Waals surface area (Å²) in [5.41, 5.74) is 5.07. The van der Waals surface area contributed by atoms with Gasteiger partial charge >= 0.3 is 0 Å². The van der Waals surface area contributed by atoms with Crippen LogP contribution in [0.2, 0.25) is 0 Å². The number of aromatic nitrogens is 2. The molecule has 21 heavy (non-hydrogen) atoms. The summed E-state index contributed by atoms with van der Waals surface area (Å²) in [7, 11) is 0. The van der Waals surface area contributed by atoms with E-state index in [1.54, 1.807) is 0 Å². The minimum atomic E-state index is 0.197. The van der Waals surface area contributed by atoms with Gasteiger partial charge in [0.2, 0.25) is 0 Å². The van der Waals surface area contributed by atoms with E-state index in [9.17, 15) is 0 Å². The van der Waals surface area contributed by atoms with Crippen LogP contribution in [0.25, 0.3) is 0 Å². The summed E-state index contributed by atoms with van der Waals surface area (Å²) >= 11 is 1.52. The molecule has 0 radical (unpaired) electrons. The van der Waals surface area contributed by atoms with E-state index in [0.717, 1.165) is 18.7 Å². The average Bonchev–Trinajstić information content (AvgIpc) is 2.92. The molecule has 4 heteroatoms. The molecule has 0 saturated heterocycles. The lowest BCUT2D eigenvalue weighted by Gasteiger charge is -2.21. The van der Waals surface area contributed by atoms with E-state index in [2.05, 4.69) is 67.7 Å². The summed E-state index contributed by atoms with van der Waals surface area (Å²) in [6.07, 6.45) is 1.12. The van der Waals surface area contributed by atoms with Crippen molar-refractivity contribution in [1.29, 1.82) is 0 Å². The third kappa shape index (κ3) is 3.69. The lowest BCUT2D eigenvalue weighted by Crippen LogP contribution is -2.24. The van der Waals surface area contributed by atoms with Gasteiger partial charge in [0, 0.05) is 0 Å². The van der Waals surface area contributed by atoms with Crippen molar-refractivity contribution in [2.24, 2.45) is 0 Å². The highest BCUT2D eigenvalue weighted by Crippen LogP contribution is 2.32. The summed E-state index contributed by atoms with van der Waals surface area (Å²) in [5.74, 6) is 0.398. The van der Waals surface area contributed by atoms with Crippen LogP contribution in [0.3, 0.4) is 0 Å². The second-order valence-corrected chi connectivity index (χ2v) is 6.71. The fourth-order valence-electron chi connectivity index (χ4n) is 2.51. The Balaban J connectivity index is 2.47. The molecule has 1 atom stereocenters. The molecule has 3 nitrogen and oxygen atoms in total. The minimum Gasteiger partial charge on any atom is -0.305 e. The summed E-state index contributed by atoms with van der Waals surface area (Å²) in [6, 6.07) is 6.85. The molecule has 1 aromatic carbocycles. The van der Waals surface area contributed by atoms with Crippen LogP contribution in [0.15, 0.2) is 18.2 Å². The third-order valence-corrected chi connectivity index (χ3v) is 4.50. The molecule has 0 aliphatic carbocycles. The Hall–Kier alpha value is -1.26. The molecular formula is C17H25N3S. The first-order chi connectivity index (χ1) is 10.0. The molecule has 1 N–H and O–H groups in total. The monoisotopic (exact) mass is 303 g/mol. The Morgan fingerprint density at radius 2 is 2.00 bits per heavy atom. The Kier molecular flexibility index (Phi) is 5.48. The van der Waals surface area contributed by atoms with Gasteiger partial charge in [-0.2, -0.15) is 0 Å². The first kappa shape index (κ1) is 16.1. The van der Waals surface area contributed by atoms with E-state index < -0.39 is 0 Å². The molecule has 0 spiro atoms. The van der Waals surface area contributed by atoms with Crippen LogP contribution >= 0.6 is 11.5 Å². The first-order valence-electron chi connectivity index (χ1n) is 7.67. The van der Waals surface area contributed by atoms with Gasteiger partial charge in [-0.25, -0.2) is 0 Å². The molecule has 2 aromatic rings. The van der Waals surface area contributed by atoms with Gasteiger partial charge in [-0.05, 0) is 55.4 Å². The van der Waals surface area contributed by atoms with Crippen LogP contribution in [0.4, 0.5) is 0 Å². The fourth-order valence-corrected chi connectivity index (χ4v) is 3.41. The minimum absolute atomic E-state index is 0.197. The van der Waals surface area contributed by atoms with E-state index in [4.69, 9.17) is 0 Å². The summed E-state index contributed by atoms with van der Waals surface area (Å²) in [5, 5.41) is 8.03. The summed E-state index contributed by atoms with van der Waals surface area (Å²) in [6.45, 7) is 11.9. The Bertz CT molecular complexity index is 589. The largest absolute Gasteiger partial charge is 0.305 e. The van der Waals surface area contributed by atoms with Crippen molar-refractivity contribution in [3.8, 4) is 0 Å². The van der Waals surface area contributed by atoms with Crippen LogP contribution in [0.1, 0.15) is 66.4 Å². The molecular weight excluding hydrogens is 278 g/mol. The lowest BCUT2D eigenvalue weighted by atomic mass is 9.95. The van der Waals surface area contributed by atoms with E-state index in [0.29, 0.717) is 5.92 Å². The first-order valence-corrected chi connectivity index (χ1v) is 8.44. The van der Waals surface area contributed by atoms with Crippen LogP contribution in [-0.4, -0.2) is 16.1 Å². The summed E-state index contributed by atoms with van der Waals surface area (Å²) in [4.78, 5) is 1.26. The van der Waals surface area contributed by atoms with Gasteiger partial charge < -0.3 is 5.32 Å². The molecule has 1 heterocycles. The molecule has 0 aliphatic rings. The van der Waals surface area contributed by atoms with Crippen molar-refractivity contribution in [1.82, 2.24) is 14.9 Å². The zero-order chi connectivity index (χ0) is 15.4. The number of hydrogen-bond acceptors (Lipinski definition) is 4. The van der Waals surface area contributed by atoms with Gasteiger partial charge in [-0.3, -0.25) is 0 Å². The predicted molar refractivity (Wildman–Crippen MR) is 90.1 cm³/mol. The van der Waals surface area contributed by atoms with Gasteiger partial charge in [-0.1, -0.05) is 49.0 Å². The molecule has 0 saturated carbocycles. The normalized spacial score (nSPS) is 12.9. The molecule has 0 aliphatic heterocycles. The zero-order valence-corrected chi connectivity index (χ0v) is 14.4. The third-order valence-electron chi connectivity index (χ3n) is 3.69. The number of nitrogens with zero attached hydrogens (tertiary/aromatic N) is 2. The highest BCUT2D eigenvalue weighted by molar-refractivity contribution is 7.05. The zero-order valence-electron chi connectivity index (χ0n) is 13.6. The van der Waals surface area contributed by atoms with Gasteiger partial charge in [0.1, 0.15) is 0 Å². The molecule has 1 aromatic heterocycles. The standard InChI is InChI=1S/C17H25N3S/c1-6-9-18-16(14-10-12(4)7-8-13(14)5)17-15(11(2)3)19-20-21-17/h7-8,10-11,16,18H,6,9H2,1-5H3. The lowest BCUT2D eigenvalue weighted by molar-refractivity contribution is 0.594. The quantitative estimate of drug-likeness (QED) is 0.861. The van der Waals surface area contributed by atoms with E-state index >= 15 is 0 Å². The number of rotatable bonds is 6. The van der Waals surface area contributed by atoms with Crippen molar-refractivity contribution in [2.75, 3.05) is 6.54 Å². The maximum Gasteiger partial charge on any atom is 0.0832 e. The maximum absolute atomic E-state index is 4.35. The highest BCUT2D eigenvalue weighted by Gasteiger charge is 2.23. The number of benzene rings is 1. The number of aryl methyl sites for hydroxylation is 2. The van der Waals surface area contributed by atoms with Crippen molar-refractivity contribution < 1.29 is 0 Å². The van der Waals surface area contributed by atoms with Crippen LogP contribution < -0.4 is 5.32 Å². The highest BCUT2D eigenvalue weighted by atomic mass is 32.1. The molecule has 0 bridgehead atoms. The van der Waals surface area contributed by atoms with Crippen molar-refractivity contribution in [3.05, 3.63) is 45.5 Å². The fraction of sp³-hybridized carbons (Fsp3) is 0.529. The van der Waals surface area contributed by atoms with Gasteiger partial charge in [-0.15, -0.1) is 5.10 Å². The van der Waals surface area contributed by atoms with Gasteiger partial charge in [0.25, 0.3) is 0 Å².